The third-order valence-electron chi connectivity index (χ3n) is 4.71. The van der Waals surface area contributed by atoms with Gasteiger partial charge in [0.15, 0.2) is 0 Å². The molecular weight excluding hydrogens is 254 g/mol. The van der Waals surface area contributed by atoms with Gasteiger partial charge in [0.05, 0.1) is 5.71 Å². The number of piperidine rings is 1. The van der Waals surface area contributed by atoms with E-state index >= 15 is 0 Å². The van der Waals surface area contributed by atoms with Crippen LogP contribution in [0.4, 0.5) is 0 Å². The Hall–Kier alpha value is -1.10. The Balaban J connectivity index is 1.45. The molecule has 3 aliphatic heterocycles. The molecule has 3 rings (SSSR count). The van der Waals surface area contributed by atoms with Crippen LogP contribution in [0.15, 0.2) is 5.16 Å². The summed E-state index contributed by atoms with van der Waals surface area (Å²) in [4.78, 5) is 22.1. The summed E-state index contributed by atoms with van der Waals surface area (Å²) in [6, 6.07) is 0.575. The average Bonchev–Trinajstić information content (AvgIpc) is 2.88. The van der Waals surface area contributed by atoms with Crippen LogP contribution in [0.3, 0.4) is 0 Å². The van der Waals surface area contributed by atoms with Crippen molar-refractivity contribution in [3.05, 3.63) is 0 Å². The molecule has 5 nitrogen and oxygen atoms in total. The van der Waals surface area contributed by atoms with Crippen LogP contribution < -0.4 is 0 Å². The number of amides is 1. The predicted octanol–water partition coefficient (Wildman–Crippen LogP) is 1.48. The van der Waals surface area contributed by atoms with E-state index in [1.165, 1.54) is 32.4 Å². The first-order valence-corrected chi connectivity index (χ1v) is 7.90. The number of oxime groups is 1. The van der Waals surface area contributed by atoms with Gasteiger partial charge in [-0.3, -0.25) is 9.69 Å². The highest BCUT2D eigenvalue weighted by Crippen LogP contribution is 2.24. The van der Waals surface area contributed by atoms with E-state index in [4.69, 9.17) is 4.84 Å². The van der Waals surface area contributed by atoms with Crippen LogP contribution >= 0.6 is 0 Å². The molecule has 0 aromatic carbocycles. The molecule has 2 fully saturated rings. The third kappa shape index (κ3) is 2.68. The van der Waals surface area contributed by atoms with Crippen molar-refractivity contribution in [2.45, 2.75) is 51.7 Å². The predicted molar refractivity (Wildman–Crippen MR) is 77.6 cm³/mol. The van der Waals surface area contributed by atoms with E-state index in [0.717, 1.165) is 18.8 Å². The highest BCUT2D eigenvalue weighted by molar-refractivity contribution is 5.94. The van der Waals surface area contributed by atoms with Crippen molar-refractivity contribution in [1.82, 2.24) is 9.80 Å². The smallest absolute Gasteiger partial charge is 0.267 e. The summed E-state index contributed by atoms with van der Waals surface area (Å²) >= 11 is 0. The van der Waals surface area contributed by atoms with Crippen LogP contribution in [0.5, 0.6) is 0 Å². The lowest BCUT2D eigenvalue weighted by molar-refractivity contribution is -0.150. The van der Waals surface area contributed by atoms with Gasteiger partial charge < -0.3 is 9.74 Å². The number of likely N-dealkylation sites (tertiary alicyclic amines) is 2. The summed E-state index contributed by atoms with van der Waals surface area (Å²) in [5.74, 6) is 0.489. The van der Waals surface area contributed by atoms with Gasteiger partial charge in [0, 0.05) is 25.6 Å². The molecule has 1 unspecified atom stereocenters. The van der Waals surface area contributed by atoms with Gasteiger partial charge in [-0.05, 0) is 31.8 Å². The number of carbonyl (C=O) groups excluding carboxylic acids is 1. The Kier molecular flexibility index (Phi) is 3.96. The molecule has 0 bridgehead atoms. The molecule has 0 N–H and O–H groups in total. The van der Waals surface area contributed by atoms with Crippen molar-refractivity contribution in [1.29, 1.82) is 0 Å². The fourth-order valence-electron chi connectivity index (χ4n) is 3.22. The van der Waals surface area contributed by atoms with Crippen molar-refractivity contribution in [3.63, 3.8) is 0 Å². The molecule has 0 saturated carbocycles. The Morgan fingerprint density at radius 3 is 2.55 bits per heavy atom. The summed E-state index contributed by atoms with van der Waals surface area (Å²) in [7, 11) is 0. The largest absolute Gasteiger partial charge is 0.382 e. The lowest BCUT2D eigenvalue weighted by Crippen LogP contribution is -2.63. The number of hydrogen-bond donors (Lipinski definition) is 0. The van der Waals surface area contributed by atoms with E-state index in [2.05, 4.69) is 23.9 Å². The normalized spacial score (nSPS) is 28.2. The zero-order valence-corrected chi connectivity index (χ0v) is 12.5. The topological polar surface area (TPSA) is 45.1 Å². The first-order valence-electron chi connectivity index (χ1n) is 7.90. The van der Waals surface area contributed by atoms with E-state index < -0.39 is 0 Å². The minimum atomic E-state index is -0.366. The Bertz CT molecular complexity index is 396. The van der Waals surface area contributed by atoms with Crippen molar-refractivity contribution in [2.75, 3.05) is 26.2 Å². The SMILES string of the molecule is CC(C)C1=NOC(C(=O)N2CC(N3CCCCC3)C2)C1. The maximum atomic E-state index is 12.3. The molecule has 3 aliphatic rings. The molecular formula is C15H25N3O2. The molecule has 1 amide bonds. The van der Waals surface area contributed by atoms with Gasteiger partial charge in [0.2, 0.25) is 6.10 Å². The highest BCUT2D eigenvalue weighted by Gasteiger charge is 2.40. The van der Waals surface area contributed by atoms with Crippen LogP contribution in [0.25, 0.3) is 0 Å². The van der Waals surface area contributed by atoms with Crippen LogP contribution in [-0.2, 0) is 9.63 Å². The zero-order chi connectivity index (χ0) is 14.1. The van der Waals surface area contributed by atoms with Gasteiger partial charge >= 0.3 is 0 Å². The lowest BCUT2D eigenvalue weighted by Gasteiger charge is -2.47. The fourth-order valence-corrected chi connectivity index (χ4v) is 3.22. The molecule has 112 valence electrons. The highest BCUT2D eigenvalue weighted by atomic mass is 16.6. The van der Waals surface area contributed by atoms with E-state index in [0.29, 0.717) is 18.4 Å². The maximum absolute atomic E-state index is 12.3. The molecule has 0 radical (unpaired) electrons. The van der Waals surface area contributed by atoms with Gasteiger partial charge in [-0.25, -0.2) is 0 Å². The second-order valence-electron chi connectivity index (χ2n) is 6.53. The van der Waals surface area contributed by atoms with E-state index in [-0.39, 0.29) is 12.0 Å². The first-order chi connectivity index (χ1) is 9.65. The lowest BCUT2D eigenvalue weighted by atomic mass is 9.99. The van der Waals surface area contributed by atoms with Gasteiger partial charge in [0.25, 0.3) is 5.91 Å². The van der Waals surface area contributed by atoms with Crippen molar-refractivity contribution in [2.24, 2.45) is 11.1 Å². The molecule has 0 aromatic rings. The maximum Gasteiger partial charge on any atom is 0.267 e. The summed E-state index contributed by atoms with van der Waals surface area (Å²) in [5, 5.41) is 4.05. The minimum Gasteiger partial charge on any atom is -0.382 e. The molecule has 0 aromatic heterocycles. The minimum absolute atomic E-state index is 0.123. The molecule has 20 heavy (non-hydrogen) atoms. The van der Waals surface area contributed by atoms with Crippen LogP contribution in [0.2, 0.25) is 0 Å². The molecule has 5 heteroatoms. The summed E-state index contributed by atoms with van der Waals surface area (Å²) in [5.41, 5.74) is 1.01. The van der Waals surface area contributed by atoms with Crippen LogP contribution in [-0.4, -0.2) is 59.7 Å². The van der Waals surface area contributed by atoms with Crippen LogP contribution in [0.1, 0.15) is 39.5 Å². The van der Waals surface area contributed by atoms with Crippen LogP contribution in [0, 0.1) is 5.92 Å². The third-order valence-corrected chi connectivity index (χ3v) is 4.71. The van der Waals surface area contributed by atoms with Crippen molar-refractivity contribution >= 4 is 11.6 Å². The van der Waals surface area contributed by atoms with E-state index in [9.17, 15) is 4.79 Å². The van der Waals surface area contributed by atoms with E-state index in [1.54, 1.807) is 0 Å². The number of rotatable bonds is 3. The van der Waals surface area contributed by atoms with Gasteiger partial charge in [-0.2, -0.15) is 0 Å². The van der Waals surface area contributed by atoms with Gasteiger partial charge in [0.1, 0.15) is 0 Å². The Morgan fingerprint density at radius 1 is 1.25 bits per heavy atom. The summed E-state index contributed by atoms with van der Waals surface area (Å²) in [6.45, 7) is 8.32. The monoisotopic (exact) mass is 279 g/mol. The Morgan fingerprint density at radius 2 is 1.95 bits per heavy atom. The number of carbonyl (C=O) groups is 1. The molecule has 0 spiro atoms. The number of hydrogen-bond acceptors (Lipinski definition) is 4. The average molecular weight is 279 g/mol. The molecule has 3 heterocycles. The number of nitrogens with zero attached hydrogens (tertiary/aromatic N) is 3. The quantitative estimate of drug-likeness (QED) is 0.786. The summed E-state index contributed by atoms with van der Waals surface area (Å²) < 4.78 is 0. The standard InChI is InChI=1S/C15H25N3O2/c1-11(2)13-8-14(20-16-13)15(19)18-9-12(10-18)17-6-4-3-5-7-17/h11-12,14H,3-10H2,1-2H3. The second-order valence-corrected chi connectivity index (χ2v) is 6.53. The van der Waals surface area contributed by atoms with Crippen molar-refractivity contribution < 1.29 is 9.63 Å². The fraction of sp³-hybridized carbons (Fsp3) is 0.867. The summed E-state index contributed by atoms with van der Waals surface area (Å²) in [6.07, 6.45) is 4.27. The van der Waals surface area contributed by atoms with E-state index in [1.807, 2.05) is 4.90 Å². The van der Waals surface area contributed by atoms with Gasteiger partial charge in [-0.1, -0.05) is 25.4 Å². The molecule has 1 atom stereocenters. The Labute approximate surface area is 120 Å². The first kappa shape index (κ1) is 13.9. The molecule has 2 saturated heterocycles. The zero-order valence-electron chi connectivity index (χ0n) is 12.5. The molecule has 0 aliphatic carbocycles. The van der Waals surface area contributed by atoms with Crippen molar-refractivity contribution in [3.8, 4) is 0 Å². The van der Waals surface area contributed by atoms with Gasteiger partial charge in [-0.15, -0.1) is 0 Å². The second kappa shape index (κ2) is 5.72.